The lowest BCUT2D eigenvalue weighted by Gasteiger charge is -2.09. The highest BCUT2D eigenvalue weighted by Crippen LogP contribution is 2.25. The molecule has 0 bridgehead atoms. The van der Waals surface area contributed by atoms with Gasteiger partial charge in [-0.05, 0) is 48.5 Å². The maximum atomic E-state index is 5.98. The topological polar surface area (TPSA) is 49.8 Å². The highest BCUT2D eigenvalue weighted by Gasteiger charge is 2.03. The molecule has 0 radical (unpaired) electrons. The number of anilines is 4. The Morgan fingerprint density at radius 3 is 2.09 bits per heavy atom. The Labute approximate surface area is 148 Å². The second kappa shape index (κ2) is 7.04. The van der Waals surface area contributed by atoms with Crippen LogP contribution < -0.4 is 10.6 Å². The molecule has 0 aliphatic carbocycles. The predicted molar refractivity (Wildman–Crippen MR) is 96.5 cm³/mol. The molecule has 0 fully saturated rings. The second-order valence-electron chi connectivity index (χ2n) is 4.68. The molecule has 0 aliphatic rings. The number of benzene rings is 2. The van der Waals surface area contributed by atoms with Crippen molar-refractivity contribution in [2.24, 2.45) is 0 Å². The lowest BCUT2D eigenvalue weighted by atomic mass is 10.3. The van der Waals surface area contributed by atoms with Gasteiger partial charge in [-0.25, -0.2) is 4.98 Å². The van der Waals surface area contributed by atoms with E-state index >= 15 is 0 Å². The van der Waals surface area contributed by atoms with E-state index in [2.05, 4.69) is 20.6 Å². The monoisotopic (exact) mass is 364 g/mol. The van der Waals surface area contributed by atoms with E-state index in [0.29, 0.717) is 32.5 Å². The molecule has 23 heavy (non-hydrogen) atoms. The van der Waals surface area contributed by atoms with Crippen LogP contribution in [0.1, 0.15) is 0 Å². The molecule has 2 N–H and O–H groups in total. The van der Waals surface area contributed by atoms with Crippen LogP contribution >= 0.6 is 34.8 Å². The molecule has 4 nitrogen and oxygen atoms in total. The van der Waals surface area contributed by atoms with Gasteiger partial charge in [0.15, 0.2) is 0 Å². The zero-order valence-electron chi connectivity index (χ0n) is 11.7. The van der Waals surface area contributed by atoms with Crippen molar-refractivity contribution in [3.05, 3.63) is 69.8 Å². The maximum Gasteiger partial charge on any atom is 0.229 e. The van der Waals surface area contributed by atoms with Gasteiger partial charge in [-0.15, -0.1) is 0 Å². The van der Waals surface area contributed by atoms with Crippen molar-refractivity contribution in [3.8, 4) is 0 Å². The maximum absolute atomic E-state index is 5.98. The van der Waals surface area contributed by atoms with Crippen LogP contribution in [0.4, 0.5) is 23.1 Å². The first-order chi connectivity index (χ1) is 11.1. The molecule has 3 rings (SSSR count). The summed E-state index contributed by atoms with van der Waals surface area (Å²) in [6, 6.07) is 14.3. The average Bonchev–Trinajstić information content (AvgIpc) is 2.49. The van der Waals surface area contributed by atoms with Crippen LogP contribution in [0.25, 0.3) is 0 Å². The van der Waals surface area contributed by atoms with E-state index in [1.807, 2.05) is 12.1 Å². The summed E-state index contributed by atoms with van der Waals surface area (Å²) in [4.78, 5) is 8.57. The summed E-state index contributed by atoms with van der Waals surface area (Å²) in [6.07, 6.45) is 1.65. The first-order valence-corrected chi connectivity index (χ1v) is 7.81. The van der Waals surface area contributed by atoms with Gasteiger partial charge in [0.05, 0.1) is 0 Å². The molecule has 0 atom stereocenters. The minimum absolute atomic E-state index is 0.433. The van der Waals surface area contributed by atoms with Crippen LogP contribution in [0, 0.1) is 0 Å². The molecule has 1 aromatic heterocycles. The Morgan fingerprint density at radius 1 is 0.696 bits per heavy atom. The third kappa shape index (κ3) is 4.48. The molecule has 1 heterocycles. The largest absolute Gasteiger partial charge is 0.340 e. The quantitative estimate of drug-likeness (QED) is 0.602. The van der Waals surface area contributed by atoms with Crippen molar-refractivity contribution in [1.29, 1.82) is 0 Å². The summed E-state index contributed by atoms with van der Waals surface area (Å²) in [6.45, 7) is 0. The van der Waals surface area contributed by atoms with E-state index in [-0.39, 0.29) is 0 Å². The molecule has 3 aromatic rings. The third-order valence-electron chi connectivity index (χ3n) is 2.89. The number of halogens is 3. The van der Waals surface area contributed by atoms with Gasteiger partial charge in [-0.1, -0.05) is 34.8 Å². The Kier molecular flexibility index (Phi) is 4.86. The summed E-state index contributed by atoms with van der Waals surface area (Å²) >= 11 is 17.8. The normalized spacial score (nSPS) is 10.4. The summed E-state index contributed by atoms with van der Waals surface area (Å²) in [5.74, 6) is 1.08. The standard InChI is InChI=1S/C16H11Cl3N4/c17-10-1-3-13(4-2-10)21-15-5-6-20-16(23-15)22-14-8-11(18)7-12(19)9-14/h1-9H,(H2,20,21,22,23). The lowest BCUT2D eigenvalue weighted by molar-refractivity contribution is 1.17. The van der Waals surface area contributed by atoms with E-state index in [4.69, 9.17) is 34.8 Å². The molecular formula is C16H11Cl3N4. The van der Waals surface area contributed by atoms with Crippen LogP contribution in [0.15, 0.2) is 54.7 Å². The van der Waals surface area contributed by atoms with Crippen molar-refractivity contribution < 1.29 is 0 Å². The Hall–Kier alpha value is -2.01. The number of nitrogens with one attached hydrogen (secondary N) is 2. The van der Waals surface area contributed by atoms with E-state index in [9.17, 15) is 0 Å². The molecule has 0 amide bonds. The van der Waals surface area contributed by atoms with Crippen molar-refractivity contribution in [2.45, 2.75) is 0 Å². The summed E-state index contributed by atoms with van der Waals surface area (Å²) < 4.78 is 0. The zero-order chi connectivity index (χ0) is 16.2. The van der Waals surface area contributed by atoms with Crippen molar-refractivity contribution in [2.75, 3.05) is 10.6 Å². The van der Waals surface area contributed by atoms with Gasteiger partial charge < -0.3 is 10.6 Å². The number of nitrogens with zero attached hydrogens (tertiary/aromatic N) is 2. The van der Waals surface area contributed by atoms with Crippen molar-refractivity contribution in [1.82, 2.24) is 9.97 Å². The Bertz CT molecular complexity index is 802. The molecule has 0 saturated heterocycles. The number of rotatable bonds is 4. The van der Waals surface area contributed by atoms with Gasteiger partial charge >= 0.3 is 0 Å². The van der Waals surface area contributed by atoms with Crippen molar-refractivity contribution >= 4 is 57.9 Å². The zero-order valence-corrected chi connectivity index (χ0v) is 14.0. The van der Waals surface area contributed by atoms with Crippen LogP contribution in [0.5, 0.6) is 0 Å². The molecule has 0 saturated carbocycles. The van der Waals surface area contributed by atoms with Crippen LogP contribution in [0.3, 0.4) is 0 Å². The third-order valence-corrected chi connectivity index (χ3v) is 3.58. The van der Waals surface area contributed by atoms with Gasteiger partial charge in [0.1, 0.15) is 5.82 Å². The SMILES string of the molecule is Clc1ccc(Nc2ccnc(Nc3cc(Cl)cc(Cl)c3)n2)cc1. The van der Waals surface area contributed by atoms with E-state index in [0.717, 1.165) is 5.69 Å². The van der Waals surface area contributed by atoms with Gasteiger partial charge in [0, 0.05) is 32.6 Å². The Morgan fingerprint density at radius 2 is 1.39 bits per heavy atom. The summed E-state index contributed by atoms with van der Waals surface area (Å²) in [5.41, 5.74) is 1.59. The summed E-state index contributed by atoms with van der Waals surface area (Å²) in [5, 5.41) is 8.00. The molecule has 7 heteroatoms. The number of hydrogen-bond donors (Lipinski definition) is 2. The van der Waals surface area contributed by atoms with Crippen LogP contribution in [-0.2, 0) is 0 Å². The van der Waals surface area contributed by atoms with Crippen LogP contribution in [-0.4, -0.2) is 9.97 Å². The summed E-state index contributed by atoms with van der Waals surface area (Å²) in [7, 11) is 0. The minimum Gasteiger partial charge on any atom is -0.340 e. The molecule has 0 aliphatic heterocycles. The van der Waals surface area contributed by atoms with Gasteiger partial charge in [-0.2, -0.15) is 4.98 Å². The second-order valence-corrected chi connectivity index (χ2v) is 5.99. The smallest absolute Gasteiger partial charge is 0.229 e. The number of hydrogen-bond acceptors (Lipinski definition) is 4. The lowest BCUT2D eigenvalue weighted by Crippen LogP contribution is -2.00. The van der Waals surface area contributed by atoms with Gasteiger partial charge in [0.25, 0.3) is 0 Å². The molecular weight excluding hydrogens is 355 g/mol. The Balaban J connectivity index is 1.78. The van der Waals surface area contributed by atoms with Gasteiger partial charge in [-0.3, -0.25) is 0 Å². The average molecular weight is 366 g/mol. The van der Waals surface area contributed by atoms with E-state index in [1.165, 1.54) is 0 Å². The van der Waals surface area contributed by atoms with Gasteiger partial charge in [0.2, 0.25) is 5.95 Å². The fraction of sp³-hybridized carbons (Fsp3) is 0. The van der Waals surface area contributed by atoms with Crippen molar-refractivity contribution in [3.63, 3.8) is 0 Å². The minimum atomic E-state index is 0.433. The van der Waals surface area contributed by atoms with E-state index in [1.54, 1.807) is 42.6 Å². The molecule has 0 unspecified atom stereocenters. The molecule has 2 aromatic carbocycles. The molecule has 116 valence electrons. The van der Waals surface area contributed by atoms with Crippen LogP contribution in [0.2, 0.25) is 15.1 Å². The molecule has 0 spiro atoms. The number of aromatic nitrogens is 2. The first kappa shape index (κ1) is 15.9. The predicted octanol–water partition coefficient (Wildman–Crippen LogP) is 5.92. The first-order valence-electron chi connectivity index (χ1n) is 6.67. The highest BCUT2D eigenvalue weighted by atomic mass is 35.5. The van der Waals surface area contributed by atoms with E-state index < -0.39 is 0 Å². The highest BCUT2D eigenvalue weighted by molar-refractivity contribution is 6.35. The fourth-order valence-electron chi connectivity index (χ4n) is 1.92. The fourth-order valence-corrected chi connectivity index (χ4v) is 2.58.